The summed E-state index contributed by atoms with van der Waals surface area (Å²) >= 11 is 1.50. The molecule has 1 heterocycles. The Morgan fingerprint density at radius 3 is 2.55 bits per heavy atom. The molecule has 8 heteroatoms. The van der Waals surface area contributed by atoms with E-state index in [-0.39, 0.29) is 18.4 Å². The Morgan fingerprint density at radius 2 is 1.82 bits per heavy atom. The molecule has 4 rings (SSSR count). The summed E-state index contributed by atoms with van der Waals surface area (Å²) in [5.74, 6) is 1.11. The molecular weight excluding hydrogens is 498 g/mol. The van der Waals surface area contributed by atoms with Crippen LogP contribution in [0.2, 0.25) is 0 Å². The van der Waals surface area contributed by atoms with Crippen LogP contribution in [0.25, 0.3) is 0 Å². The van der Waals surface area contributed by atoms with Crippen LogP contribution in [0.5, 0.6) is 11.5 Å². The number of fused-ring (bicyclic) bond motifs is 1. The molecule has 1 fully saturated rings. The molecule has 1 saturated carbocycles. The van der Waals surface area contributed by atoms with Crippen LogP contribution in [-0.4, -0.2) is 75.6 Å². The molecule has 7 nitrogen and oxygen atoms in total. The van der Waals surface area contributed by atoms with Crippen molar-refractivity contribution < 1.29 is 19.1 Å². The van der Waals surface area contributed by atoms with Gasteiger partial charge in [0.1, 0.15) is 23.3 Å². The van der Waals surface area contributed by atoms with Crippen molar-refractivity contribution in [3.05, 3.63) is 48.0 Å². The lowest BCUT2D eigenvalue weighted by Crippen LogP contribution is -2.44. The highest BCUT2D eigenvalue weighted by Gasteiger charge is 2.37. The first kappa shape index (κ1) is 28.3. The fourth-order valence-electron chi connectivity index (χ4n) is 5.19. The van der Waals surface area contributed by atoms with Crippen molar-refractivity contribution in [1.82, 2.24) is 9.80 Å². The van der Waals surface area contributed by atoms with Gasteiger partial charge in [-0.1, -0.05) is 31.4 Å². The molecule has 1 unspecified atom stereocenters. The van der Waals surface area contributed by atoms with Gasteiger partial charge in [0.2, 0.25) is 11.8 Å². The number of thioether (sulfide) groups is 1. The Labute approximate surface area is 231 Å². The fourth-order valence-corrected chi connectivity index (χ4v) is 6.44. The number of nitrogens with zero attached hydrogens (tertiary/aromatic N) is 3. The average Bonchev–Trinajstić information content (AvgIpc) is 2.94. The number of carbonyl (C=O) groups is 2. The van der Waals surface area contributed by atoms with Crippen molar-refractivity contribution in [2.45, 2.75) is 61.1 Å². The number of methoxy groups -OCH3 is 1. The van der Waals surface area contributed by atoms with E-state index >= 15 is 0 Å². The van der Waals surface area contributed by atoms with Crippen molar-refractivity contribution in [3.8, 4) is 11.5 Å². The minimum atomic E-state index is -0.539. The molecule has 0 saturated heterocycles. The molecule has 0 aromatic heterocycles. The maximum absolute atomic E-state index is 13.8. The van der Waals surface area contributed by atoms with Gasteiger partial charge in [-0.15, -0.1) is 11.8 Å². The van der Waals surface area contributed by atoms with Gasteiger partial charge in [0.25, 0.3) is 0 Å². The summed E-state index contributed by atoms with van der Waals surface area (Å²) in [5, 5.41) is -0.539. The number of unbranched alkanes of at least 4 members (excludes halogenated alkanes) is 1. The quantitative estimate of drug-likeness (QED) is 0.357. The molecule has 1 atom stereocenters. The van der Waals surface area contributed by atoms with Crippen LogP contribution < -0.4 is 14.4 Å². The minimum absolute atomic E-state index is 0.00538. The molecule has 206 valence electrons. The highest BCUT2D eigenvalue weighted by atomic mass is 32.2. The summed E-state index contributed by atoms with van der Waals surface area (Å²) in [4.78, 5) is 33.0. The molecule has 2 aromatic rings. The maximum Gasteiger partial charge on any atom is 0.245 e. The number of hydrogen-bond acceptors (Lipinski definition) is 6. The van der Waals surface area contributed by atoms with Crippen LogP contribution in [0, 0.1) is 0 Å². The Balaban J connectivity index is 1.47. The Morgan fingerprint density at radius 1 is 1.05 bits per heavy atom. The van der Waals surface area contributed by atoms with Crippen molar-refractivity contribution in [2.24, 2.45) is 0 Å². The number of likely N-dealkylation sites (N-methyl/N-ethyl adjacent to an activating group) is 1. The second kappa shape index (κ2) is 13.4. The molecule has 2 aliphatic rings. The van der Waals surface area contributed by atoms with Crippen molar-refractivity contribution >= 4 is 29.3 Å². The second-order valence-electron chi connectivity index (χ2n) is 10.4. The SMILES string of the molecule is COc1ccc(OCCCCN(C)C2CCCCC2)c(C2Sc3ccccc3N(CC(=O)N(C)C)C2=O)c1. The largest absolute Gasteiger partial charge is 0.497 e. The summed E-state index contributed by atoms with van der Waals surface area (Å²) in [7, 11) is 7.27. The summed E-state index contributed by atoms with van der Waals surface area (Å²) in [6.07, 6.45) is 8.72. The van der Waals surface area contributed by atoms with E-state index in [1.807, 2.05) is 42.5 Å². The lowest BCUT2D eigenvalue weighted by atomic mass is 9.94. The average molecular weight is 540 g/mol. The number of carbonyl (C=O) groups excluding carboxylic acids is 2. The summed E-state index contributed by atoms with van der Waals surface area (Å²) < 4.78 is 11.8. The van der Waals surface area contributed by atoms with E-state index in [0.29, 0.717) is 18.1 Å². The molecule has 0 bridgehead atoms. The Kier molecular flexibility index (Phi) is 9.97. The monoisotopic (exact) mass is 539 g/mol. The van der Waals surface area contributed by atoms with Crippen LogP contribution >= 0.6 is 11.8 Å². The molecule has 2 amide bonds. The number of anilines is 1. The molecule has 1 aliphatic carbocycles. The molecule has 0 spiro atoms. The Bertz CT molecular complexity index is 1100. The zero-order valence-electron chi connectivity index (χ0n) is 23.2. The van der Waals surface area contributed by atoms with Crippen LogP contribution in [-0.2, 0) is 9.59 Å². The van der Waals surface area contributed by atoms with Gasteiger partial charge < -0.3 is 24.2 Å². The van der Waals surface area contributed by atoms with Crippen LogP contribution in [0.3, 0.4) is 0 Å². The van der Waals surface area contributed by atoms with E-state index in [0.717, 1.165) is 41.6 Å². The first-order valence-corrected chi connectivity index (χ1v) is 14.5. The highest BCUT2D eigenvalue weighted by Crippen LogP contribution is 2.49. The second-order valence-corrected chi connectivity index (χ2v) is 11.6. The van der Waals surface area contributed by atoms with E-state index in [4.69, 9.17) is 9.47 Å². The lowest BCUT2D eigenvalue weighted by Gasteiger charge is -2.34. The van der Waals surface area contributed by atoms with Gasteiger partial charge in [0.05, 0.1) is 19.4 Å². The number of rotatable bonds is 11. The summed E-state index contributed by atoms with van der Waals surface area (Å²) in [5.41, 5.74) is 1.54. The zero-order valence-corrected chi connectivity index (χ0v) is 24.0. The predicted octanol–water partition coefficient (Wildman–Crippen LogP) is 5.39. The van der Waals surface area contributed by atoms with E-state index in [1.165, 1.54) is 48.8 Å². The standard InChI is InChI=1S/C30H41N3O4S/c1-31(2)28(34)21-33-25-14-8-9-15-27(25)38-29(30(33)35)24-20-23(36-4)16-17-26(24)37-19-11-10-18-32(3)22-12-6-5-7-13-22/h8-9,14-17,20,22,29H,5-7,10-13,18-19,21H2,1-4H3. The molecule has 1 aliphatic heterocycles. The van der Waals surface area contributed by atoms with E-state index in [2.05, 4.69) is 11.9 Å². The fraction of sp³-hybridized carbons (Fsp3) is 0.533. The van der Waals surface area contributed by atoms with Gasteiger partial charge in [-0.3, -0.25) is 9.59 Å². The lowest BCUT2D eigenvalue weighted by molar-refractivity contribution is -0.129. The number of amides is 2. The number of benzene rings is 2. The molecule has 0 N–H and O–H groups in total. The van der Waals surface area contributed by atoms with E-state index in [9.17, 15) is 9.59 Å². The number of para-hydroxylation sites is 1. The van der Waals surface area contributed by atoms with Gasteiger partial charge in [-0.05, 0) is 69.6 Å². The maximum atomic E-state index is 13.8. The normalized spacial score (nSPS) is 17.9. The molecule has 2 aromatic carbocycles. The topological polar surface area (TPSA) is 62.3 Å². The van der Waals surface area contributed by atoms with Gasteiger partial charge in [-0.2, -0.15) is 0 Å². The summed E-state index contributed by atoms with van der Waals surface area (Å²) in [6.45, 7) is 1.66. The van der Waals surface area contributed by atoms with Crippen LogP contribution in [0.1, 0.15) is 55.8 Å². The zero-order chi connectivity index (χ0) is 27.1. The first-order chi connectivity index (χ1) is 18.4. The van der Waals surface area contributed by atoms with Gasteiger partial charge >= 0.3 is 0 Å². The first-order valence-electron chi connectivity index (χ1n) is 13.7. The predicted molar refractivity (Wildman–Crippen MR) is 153 cm³/mol. The van der Waals surface area contributed by atoms with Crippen molar-refractivity contribution in [1.29, 1.82) is 0 Å². The molecule has 0 radical (unpaired) electrons. The van der Waals surface area contributed by atoms with Crippen molar-refractivity contribution in [2.75, 3.05) is 52.8 Å². The van der Waals surface area contributed by atoms with Gasteiger partial charge in [-0.25, -0.2) is 0 Å². The van der Waals surface area contributed by atoms with Crippen LogP contribution in [0.4, 0.5) is 5.69 Å². The van der Waals surface area contributed by atoms with Crippen LogP contribution in [0.15, 0.2) is 47.4 Å². The van der Waals surface area contributed by atoms with Crippen molar-refractivity contribution in [3.63, 3.8) is 0 Å². The number of ether oxygens (including phenoxy) is 2. The van der Waals surface area contributed by atoms with E-state index < -0.39 is 5.25 Å². The smallest absolute Gasteiger partial charge is 0.245 e. The summed E-state index contributed by atoms with van der Waals surface area (Å²) in [6, 6.07) is 14.1. The Hall–Kier alpha value is -2.71. The molecular formula is C30H41N3O4S. The third-order valence-corrected chi connectivity index (χ3v) is 8.83. The molecule has 38 heavy (non-hydrogen) atoms. The highest BCUT2D eigenvalue weighted by molar-refractivity contribution is 8.00. The van der Waals surface area contributed by atoms with Gasteiger partial charge in [0.15, 0.2) is 0 Å². The van der Waals surface area contributed by atoms with Gasteiger partial charge in [0, 0.05) is 30.6 Å². The number of hydrogen-bond donors (Lipinski definition) is 0. The minimum Gasteiger partial charge on any atom is -0.497 e. The third-order valence-electron chi connectivity index (χ3n) is 7.54. The van der Waals surface area contributed by atoms with E-state index in [1.54, 1.807) is 26.1 Å². The third kappa shape index (κ3) is 6.83.